The molecule has 0 bridgehead atoms. The molecule has 0 amide bonds. The van der Waals surface area contributed by atoms with Crippen molar-refractivity contribution in [3.05, 3.63) is 0 Å². The Labute approximate surface area is 73.7 Å². The highest BCUT2D eigenvalue weighted by Gasteiger charge is 2.43. The van der Waals surface area contributed by atoms with Crippen LogP contribution in [0, 0.1) is 0 Å². The van der Waals surface area contributed by atoms with Gasteiger partial charge < -0.3 is 14.6 Å². The Balaban J connectivity index is 2.41. The lowest BCUT2D eigenvalue weighted by Crippen LogP contribution is -2.36. The van der Waals surface area contributed by atoms with E-state index in [0.717, 1.165) is 0 Å². The van der Waals surface area contributed by atoms with Crippen molar-refractivity contribution in [2.24, 2.45) is 0 Å². The summed E-state index contributed by atoms with van der Waals surface area (Å²) in [5, 5.41) is 9.91. The van der Waals surface area contributed by atoms with Crippen LogP contribution in [0.25, 0.3) is 0 Å². The first-order valence-corrected chi connectivity index (χ1v) is 4.42. The third kappa shape index (κ3) is 2.44. The maximum atomic E-state index is 9.91. The van der Waals surface area contributed by atoms with Crippen molar-refractivity contribution in [1.29, 1.82) is 0 Å². The molecular formula is C9H18O3. The minimum Gasteiger partial charge on any atom is -0.385 e. The molecule has 72 valence electrons. The van der Waals surface area contributed by atoms with E-state index in [4.69, 9.17) is 9.47 Å². The summed E-state index contributed by atoms with van der Waals surface area (Å²) in [6, 6.07) is 0. The van der Waals surface area contributed by atoms with Crippen LogP contribution in [0.1, 0.15) is 27.2 Å². The number of hydrogen-bond acceptors (Lipinski definition) is 3. The Morgan fingerprint density at radius 2 is 2.17 bits per heavy atom. The molecule has 12 heavy (non-hydrogen) atoms. The van der Waals surface area contributed by atoms with E-state index in [0.29, 0.717) is 26.2 Å². The average molecular weight is 174 g/mol. The van der Waals surface area contributed by atoms with Crippen LogP contribution in [0.5, 0.6) is 0 Å². The fourth-order valence-corrected chi connectivity index (χ4v) is 1.61. The van der Waals surface area contributed by atoms with Gasteiger partial charge in [0.25, 0.3) is 0 Å². The highest BCUT2D eigenvalue weighted by atomic mass is 16.5. The Morgan fingerprint density at radius 1 is 1.50 bits per heavy atom. The third-order valence-corrected chi connectivity index (χ3v) is 2.06. The molecule has 0 saturated carbocycles. The van der Waals surface area contributed by atoms with Crippen LogP contribution < -0.4 is 0 Å². The van der Waals surface area contributed by atoms with Gasteiger partial charge in [0, 0.05) is 13.0 Å². The highest BCUT2D eigenvalue weighted by Crippen LogP contribution is 2.32. The first kappa shape index (κ1) is 9.96. The predicted octanol–water partition coefficient (Wildman–Crippen LogP) is 0.953. The maximum Gasteiger partial charge on any atom is 0.114 e. The highest BCUT2D eigenvalue weighted by molar-refractivity contribution is 4.92. The smallest absolute Gasteiger partial charge is 0.114 e. The summed E-state index contributed by atoms with van der Waals surface area (Å²) in [4.78, 5) is 0. The molecule has 3 nitrogen and oxygen atoms in total. The molecule has 1 fully saturated rings. The maximum absolute atomic E-state index is 9.91. The molecule has 1 unspecified atom stereocenters. The van der Waals surface area contributed by atoms with E-state index in [1.807, 2.05) is 20.8 Å². The Morgan fingerprint density at radius 3 is 2.58 bits per heavy atom. The lowest BCUT2D eigenvalue weighted by Gasteiger charge is -2.21. The quantitative estimate of drug-likeness (QED) is 0.692. The van der Waals surface area contributed by atoms with Crippen molar-refractivity contribution < 1.29 is 14.6 Å². The van der Waals surface area contributed by atoms with Crippen LogP contribution >= 0.6 is 0 Å². The largest absolute Gasteiger partial charge is 0.385 e. The molecule has 1 aliphatic heterocycles. The molecule has 0 aromatic carbocycles. The van der Waals surface area contributed by atoms with Gasteiger partial charge in [-0.15, -0.1) is 0 Å². The Kier molecular flexibility index (Phi) is 2.76. The van der Waals surface area contributed by atoms with Gasteiger partial charge in [-0.25, -0.2) is 0 Å². The Bertz CT molecular complexity index is 156. The molecule has 1 heterocycles. The SMILES string of the molecule is CCOCC1(O)COC(C)(C)C1. The van der Waals surface area contributed by atoms with Crippen LogP contribution in [-0.2, 0) is 9.47 Å². The predicted molar refractivity (Wildman–Crippen MR) is 46.1 cm³/mol. The van der Waals surface area contributed by atoms with Crippen LogP contribution in [0.15, 0.2) is 0 Å². The van der Waals surface area contributed by atoms with Gasteiger partial charge in [0.05, 0.1) is 18.8 Å². The van der Waals surface area contributed by atoms with E-state index in [2.05, 4.69) is 0 Å². The van der Waals surface area contributed by atoms with Crippen molar-refractivity contribution in [1.82, 2.24) is 0 Å². The summed E-state index contributed by atoms with van der Waals surface area (Å²) in [6.45, 7) is 7.30. The molecular weight excluding hydrogens is 156 g/mol. The molecule has 0 spiro atoms. The fourth-order valence-electron chi connectivity index (χ4n) is 1.61. The molecule has 1 atom stereocenters. The first-order chi connectivity index (χ1) is 5.47. The number of ether oxygens (including phenoxy) is 2. The standard InChI is InChI=1S/C9H18O3/c1-4-11-6-9(10)5-8(2,3)12-7-9/h10H,4-7H2,1-3H3. The van der Waals surface area contributed by atoms with Crippen LogP contribution in [0.2, 0.25) is 0 Å². The van der Waals surface area contributed by atoms with Gasteiger partial charge in [-0.05, 0) is 20.8 Å². The van der Waals surface area contributed by atoms with E-state index in [9.17, 15) is 5.11 Å². The van der Waals surface area contributed by atoms with Crippen molar-refractivity contribution >= 4 is 0 Å². The number of hydrogen-bond donors (Lipinski definition) is 1. The van der Waals surface area contributed by atoms with Gasteiger partial charge in [-0.3, -0.25) is 0 Å². The van der Waals surface area contributed by atoms with E-state index in [-0.39, 0.29) is 5.60 Å². The number of rotatable bonds is 3. The molecule has 1 N–H and O–H groups in total. The zero-order valence-electron chi connectivity index (χ0n) is 8.09. The molecule has 0 aliphatic carbocycles. The fraction of sp³-hybridized carbons (Fsp3) is 1.00. The zero-order valence-corrected chi connectivity index (χ0v) is 8.09. The molecule has 1 aliphatic rings. The van der Waals surface area contributed by atoms with E-state index in [1.165, 1.54) is 0 Å². The second-order valence-electron chi connectivity index (χ2n) is 4.09. The van der Waals surface area contributed by atoms with Crippen LogP contribution in [0.4, 0.5) is 0 Å². The monoisotopic (exact) mass is 174 g/mol. The number of aliphatic hydroxyl groups is 1. The van der Waals surface area contributed by atoms with E-state index < -0.39 is 5.60 Å². The van der Waals surface area contributed by atoms with Crippen molar-refractivity contribution in [2.75, 3.05) is 19.8 Å². The van der Waals surface area contributed by atoms with Gasteiger partial charge in [-0.1, -0.05) is 0 Å². The van der Waals surface area contributed by atoms with Gasteiger partial charge >= 0.3 is 0 Å². The lowest BCUT2D eigenvalue weighted by atomic mass is 9.95. The Hall–Kier alpha value is -0.120. The third-order valence-electron chi connectivity index (χ3n) is 2.06. The van der Waals surface area contributed by atoms with Crippen LogP contribution in [-0.4, -0.2) is 36.1 Å². The molecule has 1 rings (SSSR count). The van der Waals surface area contributed by atoms with Crippen molar-refractivity contribution in [3.63, 3.8) is 0 Å². The summed E-state index contributed by atoms with van der Waals surface area (Å²) in [7, 11) is 0. The minimum absolute atomic E-state index is 0.203. The lowest BCUT2D eigenvalue weighted by molar-refractivity contribution is -0.0484. The summed E-state index contributed by atoms with van der Waals surface area (Å²) >= 11 is 0. The summed E-state index contributed by atoms with van der Waals surface area (Å²) in [5.41, 5.74) is -0.967. The molecule has 0 aromatic heterocycles. The topological polar surface area (TPSA) is 38.7 Å². The summed E-state index contributed by atoms with van der Waals surface area (Å²) in [6.07, 6.45) is 0.653. The van der Waals surface area contributed by atoms with E-state index >= 15 is 0 Å². The average Bonchev–Trinajstić information content (AvgIpc) is 2.23. The zero-order chi connectivity index (χ0) is 9.24. The van der Waals surface area contributed by atoms with Crippen LogP contribution in [0.3, 0.4) is 0 Å². The van der Waals surface area contributed by atoms with Crippen molar-refractivity contribution in [2.45, 2.75) is 38.4 Å². The normalized spacial score (nSPS) is 34.0. The van der Waals surface area contributed by atoms with Gasteiger partial charge in [-0.2, -0.15) is 0 Å². The van der Waals surface area contributed by atoms with E-state index in [1.54, 1.807) is 0 Å². The second-order valence-corrected chi connectivity index (χ2v) is 4.09. The van der Waals surface area contributed by atoms with Gasteiger partial charge in [0.1, 0.15) is 5.60 Å². The molecule has 1 saturated heterocycles. The second kappa shape index (κ2) is 3.32. The molecule has 3 heteroatoms. The molecule has 0 radical (unpaired) electrons. The summed E-state index contributed by atoms with van der Waals surface area (Å²) < 4.78 is 10.6. The van der Waals surface area contributed by atoms with Gasteiger partial charge in [0.2, 0.25) is 0 Å². The van der Waals surface area contributed by atoms with Crippen molar-refractivity contribution in [3.8, 4) is 0 Å². The summed E-state index contributed by atoms with van der Waals surface area (Å²) in [5.74, 6) is 0. The minimum atomic E-state index is -0.764. The molecule has 0 aromatic rings. The first-order valence-electron chi connectivity index (χ1n) is 4.42. The van der Waals surface area contributed by atoms with Gasteiger partial charge in [0.15, 0.2) is 0 Å².